The van der Waals surface area contributed by atoms with Crippen molar-refractivity contribution in [2.75, 3.05) is 19.6 Å². The van der Waals surface area contributed by atoms with Crippen LogP contribution in [0.1, 0.15) is 18.4 Å². The number of hydrogen-bond donors (Lipinski definition) is 2. The lowest BCUT2D eigenvalue weighted by molar-refractivity contribution is 0.500. The third-order valence-corrected chi connectivity index (χ3v) is 3.60. The van der Waals surface area contributed by atoms with Crippen LogP contribution in [0.4, 0.5) is 0 Å². The first-order valence-electron chi connectivity index (χ1n) is 6.00. The molecule has 1 fully saturated rings. The third-order valence-electron chi connectivity index (χ3n) is 3.11. The minimum atomic E-state index is 0.884. The van der Waals surface area contributed by atoms with Crippen molar-refractivity contribution in [3.63, 3.8) is 0 Å². The Hall–Kier alpha value is -0.380. The molecule has 0 aromatic heterocycles. The van der Waals surface area contributed by atoms with Crippen LogP contribution in [0.5, 0.6) is 0 Å². The lowest BCUT2D eigenvalue weighted by Crippen LogP contribution is -2.19. The van der Waals surface area contributed by atoms with Gasteiger partial charge in [-0.25, -0.2) is 0 Å². The van der Waals surface area contributed by atoms with E-state index >= 15 is 0 Å². The van der Waals surface area contributed by atoms with Crippen molar-refractivity contribution < 1.29 is 0 Å². The smallest absolute Gasteiger partial charge is 0.0205 e. The van der Waals surface area contributed by atoms with Crippen molar-refractivity contribution >= 4 is 15.9 Å². The van der Waals surface area contributed by atoms with Gasteiger partial charge in [0.15, 0.2) is 0 Å². The fourth-order valence-electron chi connectivity index (χ4n) is 2.15. The first-order chi connectivity index (χ1) is 7.84. The molecular weight excluding hydrogens is 264 g/mol. The molecule has 1 aliphatic heterocycles. The highest BCUT2D eigenvalue weighted by Gasteiger charge is 2.12. The fraction of sp³-hybridized carbons (Fsp3) is 0.538. The second-order valence-electron chi connectivity index (χ2n) is 4.45. The maximum Gasteiger partial charge on any atom is 0.0205 e. The summed E-state index contributed by atoms with van der Waals surface area (Å²) in [6.45, 7) is 4.51. The Labute approximate surface area is 106 Å². The van der Waals surface area contributed by atoms with E-state index in [0.717, 1.165) is 23.5 Å². The highest BCUT2D eigenvalue weighted by Crippen LogP contribution is 2.12. The van der Waals surface area contributed by atoms with Crippen LogP contribution in [0.25, 0.3) is 0 Å². The molecule has 1 heterocycles. The summed E-state index contributed by atoms with van der Waals surface area (Å²) in [7, 11) is 0. The standard InChI is InChI=1S/C13H19BrN2/c14-13-3-1-2-12(8-13)10-16-7-5-11-4-6-15-9-11/h1-3,8,11,15-16H,4-7,9-10H2. The average Bonchev–Trinajstić information content (AvgIpc) is 2.77. The Bertz CT molecular complexity index is 321. The van der Waals surface area contributed by atoms with Crippen LogP contribution < -0.4 is 10.6 Å². The van der Waals surface area contributed by atoms with Gasteiger partial charge in [-0.1, -0.05) is 28.1 Å². The summed E-state index contributed by atoms with van der Waals surface area (Å²) in [6, 6.07) is 8.48. The molecule has 3 heteroatoms. The van der Waals surface area contributed by atoms with E-state index in [1.807, 2.05) is 0 Å². The van der Waals surface area contributed by atoms with Crippen LogP contribution in [0.2, 0.25) is 0 Å². The topological polar surface area (TPSA) is 24.1 Å². The molecule has 2 rings (SSSR count). The lowest BCUT2D eigenvalue weighted by atomic mass is 10.1. The molecule has 1 aromatic rings. The monoisotopic (exact) mass is 282 g/mol. The predicted octanol–water partition coefficient (Wildman–Crippen LogP) is 2.54. The molecule has 2 nitrogen and oxygen atoms in total. The van der Waals surface area contributed by atoms with Crippen molar-refractivity contribution in [3.05, 3.63) is 34.3 Å². The molecule has 88 valence electrons. The Morgan fingerprint density at radius 2 is 2.38 bits per heavy atom. The van der Waals surface area contributed by atoms with Crippen LogP contribution >= 0.6 is 15.9 Å². The largest absolute Gasteiger partial charge is 0.316 e. The van der Waals surface area contributed by atoms with Crippen LogP contribution in [0, 0.1) is 5.92 Å². The van der Waals surface area contributed by atoms with Gasteiger partial charge in [0.05, 0.1) is 0 Å². The van der Waals surface area contributed by atoms with Crippen molar-refractivity contribution in [1.29, 1.82) is 0 Å². The highest BCUT2D eigenvalue weighted by atomic mass is 79.9. The van der Waals surface area contributed by atoms with Gasteiger partial charge in [0.2, 0.25) is 0 Å². The minimum Gasteiger partial charge on any atom is -0.316 e. The molecule has 0 bridgehead atoms. The molecule has 0 radical (unpaired) electrons. The number of rotatable bonds is 5. The molecule has 16 heavy (non-hydrogen) atoms. The average molecular weight is 283 g/mol. The molecule has 1 aromatic carbocycles. The van der Waals surface area contributed by atoms with Crippen molar-refractivity contribution in [2.24, 2.45) is 5.92 Å². The fourth-order valence-corrected chi connectivity index (χ4v) is 2.59. The van der Waals surface area contributed by atoms with E-state index in [1.54, 1.807) is 0 Å². The van der Waals surface area contributed by atoms with Crippen LogP contribution in [-0.2, 0) is 6.54 Å². The van der Waals surface area contributed by atoms with E-state index < -0.39 is 0 Å². The third kappa shape index (κ3) is 3.89. The Morgan fingerprint density at radius 3 is 3.12 bits per heavy atom. The highest BCUT2D eigenvalue weighted by molar-refractivity contribution is 9.10. The molecule has 1 saturated heterocycles. The predicted molar refractivity (Wildman–Crippen MR) is 71.4 cm³/mol. The van der Waals surface area contributed by atoms with E-state index in [-0.39, 0.29) is 0 Å². The molecule has 0 aliphatic carbocycles. The molecular formula is C13H19BrN2. The van der Waals surface area contributed by atoms with E-state index in [9.17, 15) is 0 Å². The van der Waals surface area contributed by atoms with Crippen LogP contribution in [-0.4, -0.2) is 19.6 Å². The SMILES string of the molecule is Brc1cccc(CNCCC2CCNC2)c1. The zero-order valence-corrected chi connectivity index (χ0v) is 11.1. The summed E-state index contributed by atoms with van der Waals surface area (Å²) in [5.41, 5.74) is 1.35. The van der Waals surface area contributed by atoms with Gasteiger partial charge in [-0.15, -0.1) is 0 Å². The summed E-state index contributed by atoms with van der Waals surface area (Å²) in [5, 5.41) is 6.91. The van der Waals surface area contributed by atoms with Gasteiger partial charge in [0.1, 0.15) is 0 Å². The zero-order chi connectivity index (χ0) is 11.2. The van der Waals surface area contributed by atoms with Gasteiger partial charge >= 0.3 is 0 Å². The Balaban J connectivity index is 1.64. The number of hydrogen-bond acceptors (Lipinski definition) is 2. The first kappa shape index (κ1) is 12.1. The summed E-state index contributed by atoms with van der Waals surface area (Å²) in [6.07, 6.45) is 2.64. The Morgan fingerprint density at radius 1 is 1.44 bits per heavy atom. The van der Waals surface area contributed by atoms with Gasteiger partial charge in [-0.2, -0.15) is 0 Å². The molecule has 0 amide bonds. The van der Waals surface area contributed by atoms with Gasteiger partial charge in [0.25, 0.3) is 0 Å². The second kappa shape index (κ2) is 6.38. The summed E-state index contributed by atoms with van der Waals surface area (Å²) in [4.78, 5) is 0. The van der Waals surface area contributed by atoms with Crippen LogP contribution in [0.3, 0.4) is 0 Å². The van der Waals surface area contributed by atoms with E-state index in [4.69, 9.17) is 0 Å². The van der Waals surface area contributed by atoms with Gasteiger partial charge in [-0.05, 0) is 56.1 Å². The lowest BCUT2D eigenvalue weighted by Gasteiger charge is -2.09. The molecule has 0 saturated carbocycles. The maximum atomic E-state index is 3.51. The molecule has 1 aliphatic rings. The van der Waals surface area contributed by atoms with Crippen LogP contribution in [0.15, 0.2) is 28.7 Å². The van der Waals surface area contributed by atoms with Gasteiger partial charge < -0.3 is 10.6 Å². The molecule has 2 N–H and O–H groups in total. The Kier molecular flexibility index (Phi) is 4.82. The normalized spacial score (nSPS) is 20.2. The van der Waals surface area contributed by atoms with Crippen molar-refractivity contribution in [2.45, 2.75) is 19.4 Å². The quantitative estimate of drug-likeness (QED) is 0.811. The van der Waals surface area contributed by atoms with Crippen molar-refractivity contribution in [3.8, 4) is 0 Å². The summed E-state index contributed by atoms with van der Waals surface area (Å²) in [5.74, 6) is 0.884. The number of nitrogens with one attached hydrogen (secondary N) is 2. The molecule has 1 atom stereocenters. The zero-order valence-electron chi connectivity index (χ0n) is 9.51. The van der Waals surface area contributed by atoms with E-state index in [2.05, 4.69) is 50.8 Å². The summed E-state index contributed by atoms with van der Waals surface area (Å²) < 4.78 is 1.16. The molecule has 0 spiro atoms. The number of halogens is 1. The maximum absolute atomic E-state index is 3.51. The van der Waals surface area contributed by atoms with Gasteiger partial charge in [-0.3, -0.25) is 0 Å². The summed E-state index contributed by atoms with van der Waals surface area (Å²) >= 11 is 3.49. The van der Waals surface area contributed by atoms with E-state index in [1.165, 1.54) is 31.5 Å². The number of benzene rings is 1. The second-order valence-corrected chi connectivity index (χ2v) is 5.37. The van der Waals surface area contributed by atoms with Crippen molar-refractivity contribution in [1.82, 2.24) is 10.6 Å². The first-order valence-corrected chi connectivity index (χ1v) is 6.80. The van der Waals surface area contributed by atoms with Gasteiger partial charge in [0, 0.05) is 11.0 Å². The molecule has 1 unspecified atom stereocenters. The van der Waals surface area contributed by atoms with E-state index in [0.29, 0.717) is 0 Å². The minimum absolute atomic E-state index is 0.884.